The maximum Gasteiger partial charge on any atom is 0.236 e. The molecule has 2 aromatic heterocycles. The Morgan fingerprint density at radius 2 is 2.15 bits per heavy atom. The van der Waals surface area contributed by atoms with E-state index in [-0.39, 0.29) is 11.7 Å². The highest BCUT2D eigenvalue weighted by Gasteiger charge is 2.14. The fourth-order valence-electron chi connectivity index (χ4n) is 2.18. The minimum atomic E-state index is -0.163. The Morgan fingerprint density at radius 1 is 1.37 bits per heavy atom. The number of rotatable bonds is 8. The number of nitrogens with one attached hydrogen (secondary N) is 1. The number of anilines is 1. The maximum atomic E-state index is 12.1. The van der Waals surface area contributed by atoms with Gasteiger partial charge in [-0.2, -0.15) is 0 Å². The number of halogens is 1. The third kappa shape index (κ3) is 5.24. The van der Waals surface area contributed by atoms with E-state index in [0.717, 1.165) is 27.3 Å². The highest BCUT2D eigenvalue weighted by molar-refractivity contribution is 9.10. The van der Waals surface area contributed by atoms with Crippen molar-refractivity contribution in [1.29, 1.82) is 0 Å². The number of carbonyl (C=O) groups excluding carboxylic acids is 1. The van der Waals surface area contributed by atoms with Crippen LogP contribution in [0.1, 0.15) is 11.9 Å². The summed E-state index contributed by atoms with van der Waals surface area (Å²) in [6, 6.07) is 7.84. The van der Waals surface area contributed by atoms with Gasteiger partial charge in [-0.3, -0.25) is 10.1 Å². The van der Waals surface area contributed by atoms with Crippen molar-refractivity contribution in [1.82, 2.24) is 25.0 Å². The monoisotopic (exact) mass is 464 g/mol. The molecular formula is C17H17BrN6OS2. The van der Waals surface area contributed by atoms with Gasteiger partial charge in [0.25, 0.3) is 0 Å². The van der Waals surface area contributed by atoms with E-state index in [2.05, 4.69) is 48.1 Å². The molecular weight excluding hydrogens is 448 g/mol. The highest BCUT2D eigenvalue weighted by atomic mass is 79.9. The van der Waals surface area contributed by atoms with Crippen LogP contribution < -0.4 is 5.32 Å². The summed E-state index contributed by atoms with van der Waals surface area (Å²) in [7, 11) is 0. The van der Waals surface area contributed by atoms with Gasteiger partial charge in [0.1, 0.15) is 5.01 Å². The van der Waals surface area contributed by atoms with Gasteiger partial charge < -0.3 is 0 Å². The molecule has 2 heterocycles. The predicted molar refractivity (Wildman–Crippen MR) is 112 cm³/mol. The highest BCUT2D eigenvalue weighted by Crippen LogP contribution is 2.24. The van der Waals surface area contributed by atoms with E-state index in [9.17, 15) is 4.79 Å². The second-order valence-electron chi connectivity index (χ2n) is 5.39. The largest absolute Gasteiger partial charge is 0.300 e. The quantitative estimate of drug-likeness (QED) is 0.399. The molecule has 0 aliphatic rings. The van der Waals surface area contributed by atoms with E-state index in [0.29, 0.717) is 16.8 Å². The van der Waals surface area contributed by atoms with Crippen molar-refractivity contribution in [2.75, 3.05) is 11.1 Å². The average molecular weight is 465 g/mol. The van der Waals surface area contributed by atoms with Crippen molar-refractivity contribution in [3.63, 3.8) is 0 Å². The van der Waals surface area contributed by atoms with E-state index in [1.807, 2.05) is 31.2 Å². The van der Waals surface area contributed by atoms with E-state index in [4.69, 9.17) is 0 Å². The number of hydrogen-bond acceptors (Lipinski definition) is 7. The summed E-state index contributed by atoms with van der Waals surface area (Å²) in [6.45, 7) is 6.30. The molecule has 0 spiro atoms. The van der Waals surface area contributed by atoms with Crippen LogP contribution in [-0.4, -0.2) is 36.6 Å². The van der Waals surface area contributed by atoms with Gasteiger partial charge >= 0.3 is 0 Å². The van der Waals surface area contributed by atoms with Crippen LogP contribution in [0.25, 0.3) is 11.4 Å². The van der Waals surface area contributed by atoms with Crippen LogP contribution in [0.15, 0.2) is 46.5 Å². The summed E-state index contributed by atoms with van der Waals surface area (Å²) in [5.74, 6) is 0.768. The van der Waals surface area contributed by atoms with Gasteiger partial charge in [-0.25, -0.2) is 9.67 Å². The van der Waals surface area contributed by atoms with E-state index in [1.165, 1.54) is 23.1 Å². The molecule has 7 nitrogen and oxygen atoms in total. The van der Waals surface area contributed by atoms with Gasteiger partial charge in [-0.1, -0.05) is 64.2 Å². The van der Waals surface area contributed by atoms with Crippen LogP contribution in [0.2, 0.25) is 0 Å². The molecule has 3 aromatic rings. The molecule has 0 atom stereocenters. The first-order valence-corrected chi connectivity index (χ1v) is 10.7. The van der Waals surface area contributed by atoms with Crippen molar-refractivity contribution in [3.05, 3.63) is 46.4 Å². The lowest BCUT2D eigenvalue weighted by atomic mass is 10.2. The molecule has 1 amide bonds. The van der Waals surface area contributed by atoms with Crippen LogP contribution in [0.4, 0.5) is 5.13 Å². The molecule has 0 aliphatic heterocycles. The second kappa shape index (κ2) is 9.25. The Morgan fingerprint density at radius 3 is 2.81 bits per heavy atom. The minimum absolute atomic E-state index is 0.163. The van der Waals surface area contributed by atoms with Crippen LogP contribution in [0, 0.1) is 0 Å². The predicted octanol–water partition coefficient (Wildman–Crippen LogP) is 4.04. The molecule has 10 heteroatoms. The molecule has 0 fully saturated rings. The SMILES string of the molecule is C=CCn1nc(SCC(=O)Nc2nnc(CC)s2)nc1-c1ccc(Br)cc1. The van der Waals surface area contributed by atoms with E-state index < -0.39 is 0 Å². The van der Waals surface area contributed by atoms with Gasteiger partial charge in [0.15, 0.2) is 5.82 Å². The third-order valence-electron chi connectivity index (χ3n) is 3.40. The molecule has 140 valence electrons. The fourth-order valence-corrected chi connectivity index (χ4v) is 3.78. The Balaban J connectivity index is 1.67. The summed E-state index contributed by atoms with van der Waals surface area (Å²) in [5.41, 5.74) is 0.949. The van der Waals surface area contributed by atoms with Gasteiger partial charge in [-0.15, -0.1) is 21.9 Å². The van der Waals surface area contributed by atoms with Gasteiger partial charge in [0.2, 0.25) is 16.2 Å². The van der Waals surface area contributed by atoms with Gasteiger partial charge in [0.05, 0.1) is 12.3 Å². The third-order valence-corrected chi connectivity index (χ3v) is 5.75. The lowest BCUT2D eigenvalue weighted by Gasteiger charge is -2.02. The Labute approximate surface area is 173 Å². The van der Waals surface area contributed by atoms with Crippen LogP contribution >= 0.6 is 39.0 Å². The summed E-state index contributed by atoms with van der Waals surface area (Å²) < 4.78 is 2.77. The zero-order valence-corrected chi connectivity index (χ0v) is 17.8. The Hall–Kier alpha value is -2.04. The molecule has 0 saturated carbocycles. The molecule has 0 aliphatic carbocycles. The number of aryl methyl sites for hydroxylation is 1. The molecule has 27 heavy (non-hydrogen) atoms. The summed E-state index contributed by atoms with van der Waals surface area (Å²) >= 11 is 6.09. The fraction of sp³-hybridized carbons (Fsp3) is 0.235. The number of nitrogens with zero attached hydrogens (tertiary/aromatic N) is 5. The average Bonchev–Trinajstić information content (AvgIpc) is 3.28. The topological polar surface area (TPSA) is 85.6 Å². The smallest absolute Gasteiger partial charge is 0.236 e. The zero-order valence-electron chi connectivity index (χ0n) is 14.6. The van der Waals surface area contributed by atoms with Gasteiger partial charge in [0, 0.05) is 10.0 Å². The molecule has 1 aromatic carbocycles. The normalized spacial score (nSPS) is 10.7. The van der Waals surface area contributed by atoms with Crippen molar-refractivity contribution in [3.8, 4) is 11.4 Å². The van der Waals surface area contributed by atoms with E-state index in [1.54, 1.807) is 10.8 Å². The van der Waals surface area contributed by atoms with Gasteiger partial charge in [-0.05, 0) is 18.6 Å². The first kappa shape index (κ1) is 19.7. The number of thioether (sulfide) groups is 1. The number of benzene rings is 1. The van der Waals surface area contributed by atoms with Crippen molar-refractivity contribution in [2.45, 2.75) is 25.0 Å². The van der Waals surface area contributed by atoms with Crippen molar-refractivity contribution < 1.29 is 4.79 Å². The standard InChI is InChI=1S/C17H17BrN6OS2/c1-3-9-24-15(11-5-7-12(18)8-6-11)20-17(23-24)26-10-13(25)19-16-22-21-14(4-2)27-16/h3,5-8H,1,4,9-10H2,2H3,(H,19,22,25). The Bertz CT molecular complexity index is 937. The lowest BCUT2D eigenvalue weighted by molar-refractivity contribution is -0.113. The van der Waals surface area contributed by atoms with Crippen molar-refractivity contribution >= 4 is 50.1 Å². The number of allylic oxidation sites excluding steroid dienone is 1. The molecule has 0 bridgehead atoms. The molecule has 0 radical (unpaired) electrons. The maximum absolute atomic E-state index is 12.1. The lowest BCUT2D eigenvalue weighted by Crippen LogP contribution is -2.14. The van der Waals surface area contributed by atoms with E-state index >= 15 is 0 Å². The molecule has 3 rings (SSSR count). The number of aromatic nitrogens is 5. The molecule has 0 saturated heterocycles. The summed E-state index contributed by atoms with van der Waals surface area (Å²) in [4.78, 5) is 16.7. The molecule has 0 unspecified atom stereocenters. The number of hydrogen-bond donors (Lipinski definition) is 1. The van der Waals surface area contributed by atoms with Crippen LogP contribution in [0.3, 0.4) is 0 Å². The van der Waals surface area contributed by atoms with Crippen LogP contribution in [0.5, 0.6) is 0 Å². The summed E-state index contributed by atoms with van der Waals surface area (Å²) in [5, 5.41) is 17.1. The zero-order chi connectivity index (χ0) is 19.2. The summed E-state index contributed by atoms with van der Waals surface area (Å²) in [6.07, 6.45) is 2.56. The minimum Gasteiger partial charge on any atom is -0.300 e. The van der Waals surface area contributed by atoms with Crippen molar-refractivity contribution in [2.24, 2.45) is 0 Å². The number of carbonyl (C=O) groups is 1. The first-order chi connectivity index (χ1) is 13.1. The first-order valence-electron chi connectivity index (χ1n) is 8.15. The number of amides is 1. The second-order valence-corrected chi connectivity index (χ2v) is 8.31. The molecule has 1 N–H and O–H groups in total. The Kier molecular flexibility index (Phi) is 6.75. The van der Waals surface area contributed by atoms with Crippen LogP contribution in [-0.2, 0) is 17.8 Å².